The quantitative estimate of drug-likeness (QED) is 0.482. The third-order valence-electron chi connectivity index (χ3n) is 5.26. The monoisotopic (exact) mass is 430 g/mol. The number of sulfone groups is 1. The highest BCUT2D eigenvalue weighted by Gasteiger charge is 2.28. The second-order valence-corrected chi connectivity index (χ2v) is 9.63. The van der Waals surface area contributed by atoms with Crippen molar-refractivity contribution in [3.05, 3.63) is 53.1 Å². The van der Waals surface area contributed by atoms with Gasteiger partial charge >= 0.3 is 7.12 Å². The van der Waals surface area contributed by atoms with Gasteiger partial charge in [0.1, 0.15) is 0 Å². The number of fused-ring (bicyclic) bond motifs is 1. The Hall–Kier alpha value is -2.36. The van der Waals surface area contributed by atoms with Gasteiger partial charge in [0.25, 0.3) is 0 Å². The lowest BCUT2D eigenvalue weighted by Gasteiger charge is -2.18. The van der Waals surface area contributed by atoms with Gasteiger partial charge < -0.3 is 20.3 Å². The maximum absolute atomic E-state index is 13.2. The van der Waals surface area contributed by atoms with Crippen LogP contribution in [0.15, 0.2) is 41.3 Å². The third-order valence-corrected chi connectivity index (χ3v) is 7.05. The van der Waals surface area contributed by atoms with E-state index >= 15 is 0 Å². The molecule has 0 aliphatic carbocycles. The number of hydrogen-bond donors (Lipinski definition) is 2. The van der Waals surface area contributed by atoms with Crippen LogP contribution in [0.25, 0.3) is 0 Å². The summed E-state index contributed by atoms with van der Waals surface area (Å²) < 4.78 is 31.5. The molecule has 1 amide bonds. The number of hydrogen-bond acceptors (Lipinski definition) is 6. The first-order chi connectivity index (χ1) is 14.2. The molecule has 0 saturated carbocycles. The average Bonchev–Trinajstić information content (AvgIpc) is 3.06. The average molecular weight is 430 g/mol. The third kappa shape index (κ3) is 5.03. The first-order valence-corrected chi connectivity index (χ1v) is 11.6. The first-order valence-electron chi connectivity index (χ1n) is 9.97. The summed E-state index contributed by atoms with van der Waals surface area (Å²) in [6.07, 6.45) is 1.82. The van der Waals surface area contributed by atoms with Crippen molar-refractivity contribution < 1.29 is 22.9 Å². The van der Waals surface area contributed by atoms with Crippen molar-refractivity contribution in [1.82, 2.24) is 4.90 Å². The van der Waals surface area contributed by atoms with Crippen LogP contribution in [0.1, 0.15) is 36.5 Å². The number of rotatable bonds is 8. The molecular weight excluding hydrogens is 403 g/mol. The molecule has 0 saturated heterocycles. The summed E-state index contributed by atoms with van der Waals surface area (Å²) in [5.41, 5.74) is 8.66. The van der Waals surface area contributed by atoms with E-state index in [4.69, 9.17) is 10.4 Å². The molecule has 30 heavy (non-hydrogen) atoms. The predicted molar refractivity (Wildman–Crippen MR) is 117 cm³/mol. The number of unbranched alkanes of at least 4 members (excludes halogenated alkanes) is 1. The summed E-state index contributed by atoms with van der Waals surface area (Å²) in [6.45, 7) is 2.98. The fourth-order valence-electron chi connectivity index (χ4n) is 3.51. The van der Waals surface area contributed by atoms with Crippen LogP contribution in [0.4, 0.5) is 5.69 Å². The number of carbonyl (C=O) groups is 1. The summed E-state index contributed by atoms with van der Waals surface area (Å²) >= 11 is 0. The summed E-state index contributed by atoms with van der Waals surface area (Å²) in [5.74, 6) is -0.396. The number of nitrogen functional groups attached to an aromatic ring is 1. The summed E-state index contributed by atoms with van der Waals surface area (Å²) in [4.78, 5) is 14.3. The van der Waals surface area contributed by atoms with Crippen molar-refractivity contribution in [3.63, 3.8) is 0 Å². The molecule has 1 heterocycles. The molecule has 160 valence electrons. The van der Waals surface area contributed by atoms with E-state index in [9.17, 15) is 18.2 Å². The Morgan fingerprint density at radius 3 is 2.77 bits per heavy atom. The number of benzene rings is 2. The van der Waals surface area contributed by atoms with E-state index in [0.29, 0.717) is 35.4 Å². The SMILES string of the molecule is CCCCN(C)C(=O)Cc1cc(N)ccc1S(=O)(=O)Cc1ccc2c(c1)B(O)OC2. The maximum Gasteiger partial charge on any atom is 0.491 e. The topological polar surface area (TPSA) is 110 Å². The van der Waals surface area contributed by atoms with Gasteiger partial charge in [0.05, 0.1) is 23.7 Å². The number of nitrogens with two attached hydrogens (primary N) is 1. The van der Waals surface area contributed by atoms with Gasteiger partial charge in [0.2, 0.25) is 5.91 Å². The van der Waals surface area contributed by atoms with Gasteiger partial charge in [0, 0.05) is 19.3 Å². The van der Waals surface area contributed by atoms with Gasteiger partial charge in [0.15, 0.2) is 9.84 Å². The highest BCUT2D eigenvalue weighted by molar-refractivity contribution is 7.90. The minimum Gasteiger partial charge on any atom is -0.423 e. The fourth-order valence-corrected chi connectivity index (χ4v) is 5.09. The Balaban J connectivity index is 1.85. The van der Waals surface area contributed by atoms with Crippen LogP contribution in [0.3, 0.4) is 0 Å². The minimum absolute atomic E-state index is 0.0312. The standard InChI is InChI=1S/C21H27BN2O5S/c1-3-4-9-24(2)21(25)12-17-11-18(23)7-8-20(17)30(27,28)14-15-5-6-16-13-29-22(26)19(16)10-15/h5-8,10-11,26H,3-4,9,12-14,23H2,1-2H3. The Bertz CT molecular complexity index is 1040. The van der Waals surface area contributed by atoms with Gasteiger partial charge in [-0.25, -0.2) is 8.42 Å². The molecule has 1 aliphatic rings. The van der Waals surface area contributed by atoms with Crippen LogP contribution in [-0.4, -0.2) is 45.0 Å². The molecule has 0 atom stereocenters. The lowest BCUT2D eigenvalue weighted by atomic mass is 9.79. The summed E-state index contributed by atoms with van der Waals surface area (Å²) in [7, 11) is -3.05. The zero-order valence-electron chi connectivity index (χ0n) is 17.3. The molecule has 0 aromatic heterocycles. The lowest BCUT2D eigenvalue weighted by Crippen LogP contribution is -2.29. The van der Waals surface area contributed by atoms with Crippen LogP contribution in [-0.2, 0) is 38.1 Å². The number of amides is 1. The smallest absolute Gasteiger partial charge is 0.423 e. The second kappa shape index (κ2) is 9.20. The normalized spacial score (nSPS) is 13.4. The van der Waals surface area contributed by atoms with E-state index in [1.54, 1.807) is 36.2 Å². The van der Waals surface area contributed by atoms with Gasteiger partial charge in [-0.15, -0.1) is 0 Å². The van der Waals surface area contributed by atoms with Crippen LogP contribution >= 0.6 is 0 Å². The van der Waals surface area contributed by atoms with Crippen molar-refractivity contribution in [2.75, 3.05) is 19.3 Å². The largest absolute Gasteiger partial charge is 0.491 e. The number of likely N-dealkylation sites (N-methyl/N-ethyl adjacent to an activating group) is 1. The molecular formula is C21H27BN2O5S. The number of nitrogens with zero attached hydrogens (tertiary/aromatic N) is 1. The minimum atomic E-state index is -3.73. The number of carbonyl (C=O) groups excluding carboxylic acids is 1. The van der Waals surface area contributed by atoms with Crippen LogP contribution in [0.5, 0.6) is 0 Å². The maximum atomic E-state index is 13.2. The molecule has 0 bridgehead atoms. The predicted octanol–water partition coefficient (Wildman–Crippen LogP) is 1.26. The van der Waals surface area contributed by atoms with E-state index in [1.807, 2.05) is 6.92 Å². The molecule has 9 heteroatoms. The van der Waals surface area contributed by atoms with Gasteiger partial charge in [-0.1, -0.05) is 31.5 Å². The Labute approximate surface area is 177 Å². The lowest BCUT2D eigenvalue weighted by molar-refractivity contribution is -0.129. The van der Waals surface area contributed by atoms with Crippen LogP contribution in [0, 0.1) is 0 Å². The van der Waals surface area contributed by atoms with Gasteiger partial charge in [-0.05, 0) is 46.8 Å². The number of anilines is 1. The van der Waals surface area contributed by atoms with E-state index in [0.717, 1.165) is 18.4 Å². The molecule has 0 spiro atoms. The molecule has 3 N–H and O–H groups in total. The molecule has 0 fully saturated rings. The Morgan fingerprint density at radius 2 is 2.03 bits per heavy atom. The fraction of sp³-hybridized carbons (Fsp3) is 0.381. The molecule has 1 aliphatic heterocycles. The Kier molecular flexibility index (Phi) is 6.85. The molecule has 2 aromatic carbocycles. The highest BCUT2D eigenvalue weighted by Crippen LogP contribution is 2.24. The molecule has 0 unspecified atom stereocenters. The van der Waals surface area contributed by atoms with Crippen molar-refractivity contribution in [2.24, 2.45) is 0 Å². The van der Waals surface area contributed by atoms with Crippen molar-refractivity contribution in [1.29, 1.82) is 0 Å². The van der Waals surface area contributed by atoms with E-state index in [2.05, 4.69) is 0 Å². The molecule has 2 aromatic rings. The van der Waals surface area contributed by atoms with E-state index in [-0.39, 0.29) is 23.0 Å². The van der Waals surface area contributed by atoms with Gasteiger partial charge in [-0.3, -0.25) is 4.79 Å². The molecule has 0 radical (unpaired) electrons. The van der Waals surface area contributed by atoms with Gasteiger partial charge in [-0.2, -0.15) is 0 Å². The van der Waals surface area contributed by atoms with Crippen molar-refractivity contribution in [2.45, 2.75) is 43.4 Å². The molecule has 7 nitrogen and oxygen atoms in total. The zero-order chi connectivity index (χ0) is 21.9. The van der Waals surface area contributed by atoms with Crippen LogP contribution in [0.2, 0.25) is 0 Å². The Morgan fingerprint density at radius 1 is 1.27 bits per heavy atom. The summed E-state index contributed by atoms with van der Waals surface area (Å²) in [5, 5.41) is 9.88. The first kappa shape index (κ1) is 22.3. The van der Waals surface area contributed by atoms with Crippen molar-refractivity contribution >= 4 is 34.0 Å². The zero-order valence-corrected chi connectivity index (χ0v) is 18.1. The highest BCUT2D eigenvalue weighted by atomic mass is 32.2. The molecule has 3 rings (SSSR count). The van der Waals surface area contributed by atoms with Crippen LogP contribution < -0.4 is 11.2 Å². The van der Waals surface area contributed by atoms with E-state index in [1.165, 1.54) is 12.1 Å². The second-order valence-electron chi connectivity index (χ2n) is 7.67. The van der Waals surface area contributed by atoms with E-state index < -0.39 is 17.0 Å². The van der Waals surface area contributed by atoms with Crippen molar-refractivity contribution in [3.8, 4) is 0 Å². The summed E-state index contributed by atoms with van der Waals surface area (Å²) in [6, 6.07) is 9.70.